The van der Waals surface area contributed by atoms with E-state index in [0.29, 0.717) is 6.54 Å². The molecule has 0 saturated carbocycles. The van der Waals surface area contributed by atoms with Crippen LogP contribution in [0.3, 0.4) is 0 Å². The molecule has 1 N–H and O–H groups in total. The Labute approximate surface area is 149 Å². The van der Waals surface area contributed by atoms with Gasteiger partial charge in [-0.15, -0.1) is 0 Å². The molecule has 0 bridgehead atoms. The molecule has 0 aliphatic carbocycles. The highest BCUT2D eigenvalue weighted by Crippen LogP contribution is 2.19. The van der Waals surface area contributed by atoms with Crippen LogP contribution in [0.1, 0.15) is 30.0 Å². The Morgan fingerprint density at radius 1 is 1.16 bits per heavy atom. The lowest BCUT2D eigenvalue weighted by Crippen LogP contribution is -2.49. The highest BCUT2D eigenvalue weighted by Gasteiger charge is 2.27. The van der Waals surface area contributed by atoms with Gasteiger partial charge in [0.25, 0.3) is 0 Å². The lowest BCUT2D eigenvalue weighted by molar-refractivity contribution is -0.134. The summed E-state index contributed by atoms with van der Waals surface area (Å²) in [5, 5.41) is 3.41. The first kappa shape index (κ1) is 17.5. The minimum atomic E-state index is -0.139. The molecule has 2 aromatic rings. The zero-order valence-electron chi connectivity index (χ0n) is 15.0. The number of amides is 1. The largest absolute Gasteiger partial charge is 0.497 e. The molecular weight excluding hydrogens is 312 g/mol. The normalized spacial score (nSPS) is 16.2. The molecule has 132 valence electrons. The van der Waals surface area contributed by atoms with Crippen molar-refractivity contribution in [2.75, 3.05) is 13.7 Å². The maximum atomic E-state index is 13.1. The van der Waals surface area contributed by atoms with Gasteiger partial charge >= 0.3 is 0 Å². The zero-order chi connectivity index (χ0) is 17.6. The standard InChI is InChI=1S/C21H26N2O2/c1-3-12-23(15-16-8-10-19(25-2)11-9-16)21(24)20-13-17-6-4-5-7-18(17)14-22-20/h4-11,20,22H,3,12-15H2,1-2H3/t20-/m1/s1. The second-order valence-electron chi connectivity index (χ2n) is 6.51. The van der Waals surface area contributed by atoms with Crippen LogP contribution in [0, 0.1) is 0 Å². The maximum absolute atomic E-state index is 13.1. The van der Waals surface area contributed by atoms with Crippen LogP contribution in [-0.4, -0.2) is 30.5 Å². The molecule has 0 fully saturated rings. The number of fused-ring (bicyclic) bond motifs is 1. The number of ether oxygens (including phenoxy) is 1. The van der Waals surface area contributed by atoms with E-state index >= 15 is 0 Å². The second-order valence-corrected chi connectivity index (χ2v) is 6.51. The van der Waals surface area contributed by atoms with Gasteiger partial charge in [-0.2, -0.15) is 0 Å². The van der Waals surface area contributed by atoms with Crippen molar-refractivity contribution in [2.24, 2.45) is 0 Å². The molecule has 25 heavy (non-hydrogen) atoms. The van der Waals surface area contributed by atoms with Crippen LogP contribution in [0.4, 0.5) is 0 Å². The average Bonchev–Trinajstić information content (AvgIpc) is 2.67. The van der Waals surface area contributed by atoms with E-state index in [4.69, 9.17) is 4.74 Å². The Balaban J connectivity index is 1.70. The molecule has 1 aliphatic rings. The summed E-state index contributed by atoms with van der Waals surface area (Å²) in [7, 11) is 1.66. The second kappa shape index (κ2) is 8.17. The third-order valence-electron chi connectivity index (χ3n) is 4.72. The summed E-state index contributed by atoms with van der Waals surface area (Å²) in [4.78, 5) is 15.0. The fourth-order valence-corrected chi connectivity index (χ4v) is 3.34. The number of hydrogen-bond donors (Lipinski definition) is 1. The molecule has 0 radical (unpaired) electrons. The van der Waals surface area contributed by atoms with Crippen LogP contribution in [0.2, 0.25) is 0 Å². The summed E-state index contributed by atoms with van der Waals surface area (Å²) in [6, 6.07) is 16.2. The van der Waals surface area contributed by atoms with Crippen molar-refractivity contribution in [2.45, 2.75) is 38.9 Å². The van der Waals surface area contributed by atoms with Gasteiger partial charge < -0.3 is 15.0 Å². The van der Waals surface area contributed by atoms with Crippen molar-refractivity contribution >= 4 is 5.91 Å². The summed E-state index contributed by atoms with van der Waals surface area (Å²) in [5.41, 5.74) is 3.70. The minimum absolute atomic E-state index is 0.139. The van der Waals surface area contributed by atoms with Gasteiger partial charge in [0.2, 0.25) is 5.91 Å². The Bertz CT molecular complexity index is 712. The van der Waals surface area contributed by atoms with Gasteiger partial charge in [0.15, 0.2) is 0 Å². The van der Waals surface area contributed by atoms with E-state index in [2.05, 4.69) is 30.4 Å². The minimum Gasteiger partial charge on any atom is -0.497 e. The molecule has 0 aromatic heterocycles. The Kier molecular flexibility index (Phi) is 5.71. The van der Waals surface area contributed by atoms with Crippen molar-refractivity contribution in [1.82, 2.24) is 10.2 Å². The van der Waals surface area contributed by atoms with Gasteiger partial charge in [-0.3, -0.25) is 4.79 Å². The van der Waals surface area contributed by atoms with Crippen molar-refractivity contribution in [3.63, 3.8) is 0 Å². The number of nitrogens with one attached hydrogen (secondary N) is 1. The molecule has 0 unspecified atom stereocenters. The summed E-state index contributed by atoms with van der Waals surface area (Å²) in [5.74, 6) is 1.02. The Morgan fingerprint density at radius 2 is 1.88 bits per heavy atom. The first-order chi connectivity index (χ1) is 12.2. The number of methoxy groups -OCH3 is 1. The summed E-state index contributed by atoms with van der Waals surface area (Å²) < 4.78 is 5.21. The van der Waals surface area contributed by atoms with Crippen LogP contribution in [0.25, 0.3) is 0 Å². The fourth-order valence-electron chi connectivity index (χ4n) is 3.34. The molecule has 3 rings (SSSR count). The first-order valence-electron chi connectivity index (χ1n) is 8.93. The van der Waals surface area contributed by atoms with Crippen LogP contribution in [-0.2, 0) is 24.3 Å². The number of hydrogen-bond acceptors (Lipinski definition) is 3. The smallest absolute Gasteiger partial charge is 0.240 e. The van der Waals surface area contributed by atoms with Gasteiger partial charge in [-0.25, -0.2) is 0 Å². The Morgan fingerprint density at radius 3 is 2.56 bits per heavy atom. The molecular formula is C21H26N2O2. The third kappa shape index (κ3) is 4.20. The SMILES string of the molecule is CCCN(Cc1ccc(OC)cc1)C(=O)[C@H]1Cc2ccccc2CN1. The summed E-state index contributed by atoms with van der Waals surface area (Å²) >= 11 is 0. The fraction of sp³-hybridized carbons (Fsp3) is 0.381. The van der Waals surface area contributed by atoms with E-state index < -0.39 is 0 Å². The topological polar surface area (TPSA) is 41.6 Å². The highest BCUT2D eigenvalue weighted by atomic mass is 16.5. The van der Waals surface area contributed by atoms with Crippen LogP contribution in [0.5, 0.6) is 5.75 Å². The average molecular weight is 338 g/mol. The molecule has 0 spiro atoms. The van der Waals surface area contributed by atoms with Gasteiger partial charge in [0.05, 0.1) is 13.2 Å². The zero-order valence-corrected chi connectivity index (χ0v) is 15.0. The maximum Gasteiger partial charge on any atom is 0.240 e. The van der Waals surface area contributed by atoms with E-state index in [9.17, 15) is 4.79 Å². The third-order valence-corrected chi connectivity index (χ3v) is 4.72. The number of carbonyl (C=O) groups is 1. The number of rotatable bonds is 6. The quantitative estimate of drug-likeness (QED) is 0.880. The van der Waals surface area contributed by atoms with E-state index in [0.717, 1.165) is 37.2 Å². The molecule has 1 amide bonds. The monoisotopic (exact) mass is 338 g/mol. The summed E-state index contributed by atoms with van der Waals surface area (Å²) in [6.45, 7) is 4.27. The van der Waals surface area contributed by atoms with Gasteiger partial charge in [0.1, 0.15) is 5.75 Å². The predicted octanol–water partition coefficient (Wildman–Crippen LogP) is 3.15. The number of nitrogens with zero attached hydrogens (tertiary/aromatic N) is 1. The van der Waals surface area contributed by atoms with Crippen molar-refractivity contribution < 1.29 is 9.53 Å². The van der Waals surface area contributed by atoms with Crippen molar-refractivity contribution in [1.29, 1.82) is 0 Å². The van der Waals surface area contributed by atoms with E-state index in [1.807, 2.05) is 35.2 Å². The van der Waals surface area contributed by atoms with Gasteiger partial charge in [-0.1, -0.05) is 43.3 Å². The van der Waals surface area contributed by atoms with E-state index in [-0.39, 0.29) is 11.9 Å². The van der Waals surface area contributed by atoms with Crippen LogP contribution >= 0.6 is 0 Å². The number of benzene rings is 2. The molecule has 1 aliphatic heterocycles. The highest BCUT2D eigenvalue weighted by molar-refractivity contribution is 5.82. The number of carbonyl (C=O) groups excluding carboxylic acids is 1. The van der Waals surface area contributed by atoms with Crippen LogP contribution in [0.15, 0.2) is 48.5 Å². The van der Waals surface area contributed by atoms with Crippen molar-refractivity contribution in [3.05, 3.63) is 65.2 Å². The molecule has 4 nitrogen and oxygen atoms in total. The molecule has 4 heteroatoms. The van der Waals surface area contributed by atoms with Gasteiger partial charge in [0, 0.05) is 19.6 Å². The first-order valence-corrected chi connectivity index (χ1v) is 8.93. The lowest BCUT2D eigenvalue weighted by atomic mass is 9.95. The molecule has 1 heterocycles. The van der Waals surface area contributed by atoms with E-state index in [1.165, 1.54) is 11.1 Å². The molecule has 0 saturated heterocycles. The predicted molar refractivity (Wildman–Crippen MR) is 99.5 cm³/mol. The Hall–Kier alpha value is -2.33. The van der Waals surface area contributed by atoms with Crippen LogP contribution < -0.4 is 10.1 Å². The lowest BCUT2D eigenvalue weighted by Gasteiger charge is -2.31. The van der Waals surface area contributed by atoms with Gasteiger partial charge in [-0.05, 0) is 41.7 Å². The van der Waals surface area contributed by atoms with Crippen molar-refractivity contribution in [3.8, 4) is 5.75 Å². The summed E-state index contributed by atoms with van der Waals surface area (Å²) in [6.07, 6.45) is 1.71. The molecule has 2 aromatic carbocycles. The molecule has 1 atom stereocenters. The van der Waals surface area contributed by atoms with E-state index in [1.54, 1.807) is 7.11 Å².